The van der Waals surface area contributed by atoms with Crippen LogP contribution < -0.4 is 5.84 Å². The van der Waals surface area contributed by atoms with Crippen molar-refractivity contribution in [2.45, 2.75) is 12.8 Å². The van der Waals surface area contributed by atoms with Gasteiger partial charge in [0.2, 0.25) is 0 Å². The maximum Gasteiger partial charge on any atom is 0.307 e. The Morgan fingerprint density at radius 3 is 3.17 bits per heavy atom. The second kappa shape index (κ2) is 3.96. The largest absolute Gasteiger partial charge is 0.481 e. The van der Waals surface area contributed by atoms with Crippen LogP contribution in [0.25, 0.3) is 0 Å². The number of carboxylic acid groups (broad SMARTS) is 1. The lowest BCUT2D eigenvalue weighted by Gasteiger charge is -2.26. The van der Waals surface area contributed by atoms with Gasteiger partial charge in [0, 0.05) is 13.0 Å². The van der Waals surface area contributed by atoms with E-state index in [0.29, 0.717) is 19.0 Å². The van der Waals surface area contributed by atoms with Crippen molar-refractivity contribution in [3.05, 3.63) is 12.0 Å². The predicted molar refractivity (Wildman–Crippen MR) is 41.8 cm³/mol. The lowest BCUT2D eigenvalue weighted by atomic mass is 10.3. The van der Waals surface area contributed by atoms with Crippen molar-refractivity contribution in [2.24, 2.45) is 5.84 Å². The molecule has 1 aliphatic rings. The second-order valence-electron chi connectivity index (χ2n) is 2.54. The van der Waals surface area contributed by atoms with Crippen LogP contribution in [0.1, 0.15) is 12.8 Å². The summed E-state index contributed by atoms with van der Waals surface area (Å²) in [6.45, 7) is 1.32. The molecule has 3 N–H and O–H groups in total. The van der Waals surface area contributed by atoms with Gasteiger partial charge >= 0.3 is 5.97 Å². The Bertz CT molecular complexity index is 203. The highest BCUT2D eigenvalue weighted by Gasteiger charge is 2.12. The van der Waals surface area contributed by atoms with Crippen LogP contribution in [0.5, 0.6) is 0 Å². The standard InChI is InChI=1S/C7H12N2O3/c8-9-4-1-5-12-6(9)2-3-7(10)11/h2H,1,3-5,8H2,(H,10,11)/b6-2+. The molecule has 1 saturated heterocycles. The number of nitrogens with zero attached hydrogens (tertiary/aromatic N) is 1. The first kappa shape index (κ1) is 8.86. The molecular weight excluding hydrogens is 160 g/mol. The first-order valence-electron chi connectivity index (χ1n) is 3.77. The zero-order chi connectivity index (χ0) is 8.97. The minimum absolute atomic E-state index is 0.0525. The minimum Gasteiger partial charge on any atom is -0.481 e. The highest BCUT2D eigenvalue weighted by molar-refractivity contribution is 5.68. The molecule has 1 rings (SSSR count). The van der Waals surface area contributed by atoms with Crippen LogP contribution in [0.2, 0.25) is 0 Å². The van der Waals surface area contributed by atoms with Gasteiger partial charge in [-0.25, -0.2) is 5.84 Å². The van der Waals surface area contributed by atoms with Crippen molar-refractivity contribution in [3.8, 4) is 0 Å². The van der Waals surface area contributed by atoms with Crippen LogP contribution in [0, 0.1) is 0 Å². The smallest absolute Gasteiger partial charge is 0.307 e. The lowest BCUT2D eigenvalue weighted by molar-refractivity contribution is -0.136. The van der Waals surface area contributed by atoms with E-state index in [4.69, 9.17) is 15.7 Å². The molecule has 0 spiro atoms. The highest BCUT2D eigenvalue weighted by atomic mass is 16.5. The van der Waals surface area contributed by atoms with Crippen LogP contribution in [0.4, 0.5) is 0 Å². The van der Waals surface area contributed by atoms with E-state index >= 15 is 0 Å². The third kappa shape index (κ3) is 2.43. The first-order chi connectivity index (χ1) is 5.70. The topological polar surface area (TPSA) is 75.8 Å². The third-order valence-electron chi connectivity index (χ3n) is 1.53. The first-order valence-corrected chi connectivity index (χ1v) is 3.77. The van der Waals surface area contributed by atoms with Crippen molar-refractivity contribution in [3.63, 3.8) is 0 Å². The van der Waals surface area contributed by atoms with Crippen LogP contribution in [0.3, 0.4) is 0 Å². The molecule has 0 amide bonds. The SMILES string of the molecule is NN1CCCO/C1=C/CC(=O)O. The Kier molecular flexibility index (Phi) is 2.93. The van der Waals surface area contributed by atoms with E-state index in [1.165, 1.54) is 11.1 Å². The average molecular weight is 172 g/mol. The fraction of sp³-hybridized carbons (Fsp3) is 0.571. The number of aliphatic carboxylic acids is 1. The number of ether oxygens (including phenoxy) is 1. The third-order valence-corrected chi connectivity index (χ3v) is 1.53. The molecule has 0 atom stereocenters. The van der Waals surface area contributed by atoms with Gasteiger partial charge in [-0.05, 0) is 6.08 Å². The molecule has 0 aromatic rings. The highest BCUT2D eigenvalue weighted by Crippen LogP contribution is 2.09. The van der Waals surface area contributed by atoms with Crippen LogP contribution in [-0.2, 0) is 9.53 Å². The molecule has 0 bridgehead atoms. The van der Waals surface area contributed by atoms with Crippen molar-refractivity contribution >= 4 is 5.97 Å². The molecule has 1 heterocycles. The lowest BCUT2D eigenvalue weighted by Crippen LogP contribution is -2.36. The number of hydrogen-bond donors (Lipinski definition) is 2. The molecule has 0 radical (unpaired) electrons. The molecule has 0 aliphatic carbocycles. The Morgan fingerprint density at radius 1 is 1.83 bits per heavy atom. The minimum atomic E-state index is -0.884. The summed E-state index contributed by atoms with van der Waals surface area (Å²) < 4.78 is 5.14. The van der Waals surface area contributed by atoms with E-state index in [2.05, 4.69) is 0 Å². The van der Waals surface area contributed by atoms with E-state index in [0.717, 1.165) is 6.42 Å². The molecule has 1 aliphatic heterocycles. The molecule has 0 unspecified atom stereocenters. The average Bonchev–Trinajstić information content (AvgIpc) is 2.03. The zero-order valence-corrected chi connectivity index (χ0v) is 6.69. The van der Waals surface area contributed by atoms with Gasteiger partial charge < -0.3 is 9.84 Å². The molecule has 0 saturated carbocycles. The number of carboxylic acids is 1. The van der Waals surface area contributed by atoms with Crippen molar-refractivity contribution < 1.29 is 14.6 Å². The Labute approximate surface area is 70.4 Å². The summed E-state index contributed by atoms with van der Waals surface area (Å²) in [7, 11) is 0. The zero-order valence-electron chi connectivity index (χ0n) is 6.69. The molecule has 5 nitrogen and oxygen atoms in total. The van der Waals surface area contributed by atoms with Gasteiger partial charge in [0.25, 0.3) is 0 Å². The monoisotopic (exact) mass is 172 g/mol. The fourth-order valence-corrected chi connectivity index (χ4v) is 0.956. The number of carbonyl (C=O) groups is 1. The summed E-state index contributed by atoms with van der Waals surface area (Å²) in [6, 6.07) is 0. The Balaban J connectivity index is 2.47. The fourth-order valence-electron chi connectivity index (χ4n) is 0.956. The summed E-state index contributed by atoms with van der Waals surface area (Å²) in [6.07, 6.45) is 2.30. The number of hydrazine groups is 1. The molecule has 12 heavy (non-hydrogen) atoms. The molecular formula is C7H12N2O3. The normalized spacial score (nSPS) is 20.8. The molecule has 0 aromatic carbocycles. The van der Waals surface area contributed by atoms with Gasteiger partial charge in [-0.3, -0.25) is 9.80 Å². The van der Waals surface area contributed by atoms with E-state index in [1.807, 2.05) is 0 Å². The quantitative estimate of drug-likeness (QED) is 0.569. The molecule has 68 valence electrons. The van der Waals surface area contributed by atoms with E-state index < -0.39 is 5.97 Å². The van der Waals surface area contributed by atoms with Crippen molar-refractivity contribution in [1.82, 2.24) is 5.01 Å². The van der Waals surface area contributed by atoms with Gasteiger partial charge in [-0.15, -0.1) is 0 Å². The van der Waals surface area contributed by atoms with Crippen molar-refractivity contribution in [1.29, 1.82) is 0 Å². The van der Waals surface area contributed by atoms with Crippen LogP contribution >= 0.6 is 0 Å². The summed E-state index contributed by atoms with van der Waals surface area (Å²) in [4.78, 5) is 10.2. The van der Waals surface area contributed by atoms with Gasteiger partial charge in [-0.2, -0.15) is 0 Å². The van der Waals surface area contributed by atoms with Gasteiger partial charge in [0.15, 0.2) is 5.88 Å². The summed E-state index contributed by atoms with van der Waals surface area (Å²) in [5.74, 6) is 5.09. The number of rotatable bonds is 2. The maximum atomic E-state index is 10.2. The molecule has 1 fully saturated rings. The molecule has 5 heteroatoms. The van der Waals surface area contributed by atoms with Crippen LogP contribution in [0.15, 0.2) is 12.0 Å². The van der Waals surface area contributed by atoms with Gasteiger partial charge in [-0.1, -0.05) is 0 Å². The number of nitrogens with two attached hydrogens (primary N) is 1. The van der Waals surface area contributed by atoms with Gasteiger partial charge in [0.1, 0.15) is 0 Å². The predicted octanol–water partition coefficient (Wildman–Crippen LogP) is -0.102. The Hall–Kier alpha value is -1.23. The molecule has 0 aromatic heterocycles. The summed E-state index contributed by atoms with van der Waals surface area (Å²) in [5, 5.41) is 9.79. The maximum absolute atomic E-state index is 10.2. The summed E-state index contributed by atoms with van der Waals surface area (Å²) >= 11 is 0. The summed E-state index contributed by atoms with van der Waals surface area (Å²) in [5.41, 5.74) is 0. The second-order valence-corrected chi connectivity index (χ2v) is 2.54. The Morgan fingerprint density at radius 2 is 2.58 bits per heavy atom. The van der Waals surface area contributed by atoms with Crippen molar-refractivity contribution in [2.75, 3.05) is 13.2 Å². The van der Waals surface area contributed by atoms with Crippen LogP contribution in [-0.4, -0.2) is 29.2 Å². The van der Waals surface area contributed by atoms with E-state index in [-0.39, 0.29) is 6.42 Å². The number of hydrogen-bond acceptors (Lipinski definition) is 4. The van der Waals surface area contributed by atoms with E-state index in [1.54, 1.807) is 0 Å². The van der Waals surface area contributed by atoms with Gasteiger partial charge in [0.05, 0.1) is 13.0 Å². The van der Waals surface area contributed by atoms with E-state index in [9.17, 15) is 4.79 Å².